The molecule has 20 heavy (non-hydrogen) atoms. The lowest BCUT2D eigenvalue weighted by atomic mass is 10.0. The zero-order valence-electron chi connectivity index (χ0n) is 13.8. The summed E-state index contributed by atoms with van der Waals surface area (Å²) in [5.74, 6) is 0. The van der Waals surface area contributed by atoms with Crippen molar-refractivity contribution in [1.29, 1.82) is 0 Å². The van der Waals surface area contributed by atoms with Crippen molar-refractivity contribution >= 4 is 0 Å². The number of hydrogen-bond acceptors (Lipinski definition) is 2. The van der Waals surface area contributed by atoms with Gasteiger partial charge in [-0.2, -0.15) is 0 Å². The van der Waals surface area contributed by atoms with Gasteiger partial charge >= 0.3 is 0 Å². The van der Waals surface area contributed by atoms with Crippen molar-refractivity contribution in [2.24, 2.45) is 0 Å². The molecule has 0 aromatic heterocycles. The highest BCUT2D eigenvalue weighted by molar-refractivity contribution is 4.79. The summed E-state index contributed by atoms with van der Waals surface area (Å²) in [7, 11) is 0. The third kappa shape index (κ3) is 7.64. The topological polar surface area (TPSA) is 29.5 Å². The van der Waals surface area contributed by atoms with Crippen molar-refractivity contribution < 1.29 is 9.84 Å². The Labute approximate surface area is 126 Å². The van der Waals surface area contributed by atoms with Gasteiger partial charge in [0.1, 0.15) is 0 Å². The minimum absolute atomic E-state index is 0.122. The Balaban J connectivity index is 2.03. The second-order valence-electron chi connectivity index (χ2n) is 6.49. The van der Waals surface area contributed by atoms with Gasteiger partial charge in [0.15, 0.2) is 0 Å². The van der Waals surface area contributed by atoms with Crippen LogP contribution in [0.25, 0.3) is 0 Å². The van der Waals surface area contributed by atoms with Gasteiger partial charge < -0.3 is 9.84 Å². The summed E-state index contributed by atoms with van der Waals surface area (Å²) in [5.41, 5.74) is 0. The molecule has 0 radical (unpaired) electrons. The minimum Gasteiger partial charge on any atom is -0.390 e. The maximum absolute atomic E-state index is 10.2. The van der Waals surface area contributed by atoms with E-state index in [4.69, 9.17) is 4.74 Å². The molecule has 0 aromatic rings. The molecule has 2 nitrogen and oxygen atoms in total. The fourth-order valence-corrected chi connectivity index (χ4v) is 3.17. The van der Waals surface area contributed by atoms with E-state index in [1.54, 1.807) is 0 Å². The number of aliphatic hydroxyl groups excluding tert-OH is 1. The maximum atomic E-state index is 10.2. The Hall–Kier alpha value is -0.0800. The minimum atomic E-state index is -0.225. The first kappa shape index (κ1) is 18.0. The monoisotopic (exact) mass is 284 g/mol. The van der Waals surface area contributed by atoms with Crippen LogP contribution in [0, 0.1) is 0 Å². The van der Waals surface area contributed by atoms with Crippen LogP contribution in [-0.4, -0.2) is 23.4 Å². The van der Waals surface area contributed by atoms with E-state index in [1.807, 2.05) is 0 Å². The first-order valence-electron chi connectivity index (χ1n) is 9.11. The number of unbranched alkanes of at least 4 members (excludes halogenated alkanes) is 7. The predicted molar refractivity (Wildman–Crippen MR) is 86.0 cm³/mol. The van der Waals surface area contributed by atoms with Gasteiger partial charge in [0.05, 0.1) is 18.3 Å². The quantitative estimate of drug-likeness (QED) is 0.497. The standard InChI is InChI=1S/C18H36O2/c1-3-5-7-9-10-12-16-14-15-18(20-16)17(19)13-11-8-6-4-2/h16-19H,3-15H2,1-2H3/t16-,17?,18-/m0/s1. The molecule has 1 heterocycles. The van der Waals surface area contributed by atoms with Crippen LogP contribution in [0.5, 0.6) is 0 Å². The van der Waals surface area contributed by atoms with Gasteiger partial charge in [0.2, 0.25) is 0 Å². The second-order valence-corrected chi connectivity index (χ2v) is 6.49. The summed E-state index contributed by atoms with van der Waals surface area (Å²) in [6.45, 7) is 4.48. The largest absolute Gasteiger partial charge is 0.390 e. The van der Waals surface area contributed by atoms with Crippen molar-refractivity contribution in [1.82, 2.24) is 0 Å². The van der Waals surface area contributed by atoms with Crippen molar-refractivity contribution in [3.63, 3.8) is 0 Å². The Kier molecular flexibility index (Phi) is 10.4. The lowest BCUT2D eigenvalue weighted by Gasteiger charge is -2.19. The molecule has 1 rings (SSSR count). The molecule has 0 saturated carbocycles. The van der Waals surface area contributed by atoms with Crippen molar-refractivity contribution in [2.45, 2.75) is 116 Å². The SMILES string of the molecule is CCCCCCC[C@H]1CC[C@@H](C(O)CCCCCC)O1. The Morgan fingerprint density at radius 3 is 2.25 bits per heavy atom. The highest BCUT2D eigenvalue weighted by atomic mass is 16.5. The molecule has 1 aliphatic heterocycles. The zero-order valence-corrected chi connectivity index (χ0v) is 13.8. The zero-order chi connectivity index (χ0) is 14.6. The highest BCUT2D eigenvalue weighted by Gasteiger charge is 2.29. The Morgan fingerprint density at radius 1 is 0.900 bits per heavy atom. The van der Waals surface area contributed by atoms with Crippen molar-refractivity contribution in [3.05, 3.63) is 0 Å². The van der Waals surface area contributed by atoms with E-state index in [0.717, 1.165) is 25.7 Å². The van der Waals surface area contributed by atoms with Crippen molar-refractivity contribution in [2.75, 3.05) is 0 Å². The van der Waals surface area contributed by atoms with Crippen LogP contribution in [0.2, 0.25) is 0 Å². The third-order valence-corrected chi connectivity index (χ3v) is 4.55. The molecule has 2 heteroatoms. The summed E-state index contributed by atoms with van der Waals surface area (Å²) in [6, 6.07) is 0. The fourth-order valence-electron chi connectivity index (χ4n) is 3.17. The summed E-state index contributed by atoms with van der Waals surface area (Å²) in [4.78, 5) is 0. The molecule has 1 saturated heterocycles. The Bertz CT molecular complexity index is 217. The predicted octanol–water partition coefficient (Wildman–Crippen LogP) is 5.23. The molecule has 0 bridgehead atoms. The number of rotatable bonds is 12. The fraction of sp³-hybridized carbons (Fsp3) is 1.00. The molecule has 1 N–H and O–H groups in total. The third-order valence-electron chi connectivity index (χ3n) is 4.55. The molecule has 0 spiro atoms. The van der Waals surface area contributed by atoms with Gasteiger partial charge in [-0.3, -0.25) is 0 Å². The molecule has 1 fully saturated rings. The van der Waals surface area contributed by atoms with Crippen LogP contribution < -0.4 is 0 Å². The van der Waals surface area contributed by atoms with Gasteiger partial charge in [-0.15, -0.1) is 0 Å². The highest BCUT2D eigenvalue weighted by Crippen LogP contribution is 2.27. The van der Waals surface area contributed by atoms with E-state index < -0.39 is 0 Å². The lowest BCUT2D eigenvalue weighted by Crippen LogP contribution is -2.26. The number of aliphatic hydroxyl groups is 1. The summed E-state index contributed by atoms with van der Waals surface area (Å²) in [6.07, 6.45) is 16.3. The molecule has 1 unspecified atom stereocenters. The van der Waals surface area contributed by atoms with Crippen LogP contribution in [0.15, 0.2) is 0 Å². The maximum Gasteiger partial charge on any atom is 0.0838 e. The van der Waals surface area contributed by atoms with Crippen molar-refractivity contribution in [3.8, 4) is 0 Å². The summed E-state index contributed by atoms with van der Waals surface area (Å²) < 4.78 is 6.04. The van der Waals surface area contributed by atoms with E-state index in [9.17, 15) is 5.11 Å². The molecule has 0 aromatic carbocycles. The molecule has 3 atom stereocenters. The average Bonchev–Trinajstić information content (AvgIpc) is 2.92. The number of ether oxygens (including phenoxy) is 1. The van der Waals surface area contributed by atoms with E-state index in [2.05, 4.69) is 13.8 Å². The Morgan fingerprint density at radius 2 is 1.55 bits per heavy atom. The van der Waals surface area contributed by atoms with E-state index in [0.29, 0.717) is 6.10 Å². The molecule has 0 amide bonds. The van der Waals surface area contributed by atoms with Gasteiger partial charge in [0.25, 0.3) is 0 Å². The smallest absolute Gasteiger partial charge is 0.0838 e. The van der Waals surface area contributed by atoms with Gasteiger partial charge in [-0.05, 0) is 25.7 Å². The van der Waals surface area contributed by atoms with E-state index >= 15 is 0 Å². The van der Waals surface area contributed by atoms with E-state index in [-0.39, 0.29) is 12.2 Å². The molecule has 0 aliphatic carbocycles. The molecular weight excluding hydrogens is 248 g/mol. The molecule has 1 aliphatic rings. The molecule has 120 valence electrons. The van der Waals surface area contributed by atoms with Crippen LogP contribution in [0.4, 0.5) is 0 Å². The summed E-state index contributed by atoms with van der Waals surface area (Å²) >= 11 is 0. The van der Waals surface area contributed by atoms with Gasteiger partial charge in [0, 0.05) is 0 Å². The first-order chi connectivity index (χ1) is 9.77. The van der Waals surface area contributed by atoms with Crippen LogP contribution >= 0.6 is 0 Å². The van der Waals surface area contributed by atoms with Crippen LogP contribution in [0.1, 0.15) is 97.3 Å². The summed E-state index contributed by atoms with van der Waals surface area (Å²) in [5, 5.41) is 10.2. The average molecular weight is 284 g/mol. The van der Waals surface area contributed by atoms with Gasteiger partial charge in [-0.25, -0.2) is 0 Å². The molecular formula is C18H36O2. The first-order valence-corrected chi connectivity index (χ1v) is 9.11. The lowest BCUT2D eigenvalue weighted by molar-refractivity contribution is -0.0401. The second kappa shape index (κ2) is 11.6. The van der Waals surface area contributed by atoms with Crippen LogP contribution in [0.3, 0.4) is 0 Å². The van der Waals surface area contributed by atoms with E-state index in [1.165, 1.54) is 57.8 Å². The number of hydrogen-bond donors (Lipinski definition) is 1. The van der Waals surface area contributed by atoms with Gasteiger partial charge in [-0.1, -0.05) is 71.6 Å². The van der Waals surface area contributed by atoms with Crippen LogP contribution in [-0.2, 0) is 4.74 Å². The normalized spacial score (nSPS) is 24.1.